The summed E-state index contributed by atoms with van der Waals surface area (Å²) in [6.07, 6.45) is 1.15. The fraction of sp³-hybridized carbons (Fsp3) is 0.370. The summed E-state index contributed by atoms with van der Waals surface area (Å²) < 4.78 is 49.0. The molecule has 0 aliphatic carbocycles. The van der Waals surface area contributed by atoms with Crippen molar-refractivity contribution in [3.8, 4) is 5.75 Å². The van der Waals surface area contributed by atoms with E-state index in [0.29, 0.717) is 12.2 Å². The van der Waals surface area contributed by atoms with Gasteiger partial charge in [0.05, 0.1) is 6.54 Å². The van der Waals surface area contributed by atoms with Crippen molar-refractivity contribution in [1.82, 2.24) is 4.31 Å². The summed E-state index contributed by atoms with van der Waals surface area (Å²) in [5, 5.41) is 0. The van der Waals surface area contributed by atoms with Gasteiger partial charge in [0.15, 0.2) is 5.78 Å². The Labute approximate surface area is 210 Å². The lowest BCUT2D eigenvalue weighted by Crippen LogP contribution is -2.36. The third kappa shape index (κ3) is 5.06. The fourth-order valence-corrected chi connectivity index (χ4v) is 7.19. The topological polar surface area (TPSA) is 63.7 Å². The number of hydrogen-bond donors (Lipinski definition) is 0. The van der Waals surface area contributed by atoms with Gasteiger partial charge in [-0.1, -0.05) is 44.2 Å². The van der Waals surface area contributed by atoms with E-state index in [4.69, 9.17) is 4.74 Å². The van der Waals surface area contributed by atoms with E-state index in [1.54, 1.807) is 24.3 Å². The molecule has 0 fully saturated rings. The SMILES string of the molecule is CCC(c1ccc(C)c(CN2C[C@@H](CC)Oc3ccccc3S2(=O)=O)c1)c1cc(F)c(C(C)=O)s1. The molecule has 1 aromatic heterocycles. The molecule has 35 heavy (non-hydrogen) atoms. The van der Waals surface area contributed by atoms with E-state index in [1.165, 1.54) is 28.6 Å². The van der Waals surface area contributed by atoms with Crippen molar-refractivity contribution >= 4 is 27.1 Å². The van der Waals surface area contributed by atoms with Crippen LogP contribution in [-0.2, 0) is 16.6 Å². The molecule has 2 atom stereocenters. The molecule has 0 saturated heterocycles. The second-order valence-corrected chi connectivity index (χ2v) is 11.9. The zero-order valence-electron chi connectivity index (χ0n) is 20.4. The van der Waals surface area contributed by atoms with Crippen molar-refractivity contribution in [3.63, 3.8) is 0 Å². The molecule has 1 unspecified atom stereocenters. The van der Waals surface area contributed by atoms with Crippen molar-refractivity contribution < 1.29 is 22.3 Å². The summed E-state index contributed by atoms with van der Waals surface area (Å²) in [7, 11) is -3.76. The fourth-order valence-electron chi connectivity index (χ4n) is 4.47. The number of thiophene rings is 1. The highest BCUT2D eigenvalue weighted by Gasteiger charge is 2.34. The quantitative estimate of drug-likeness (QED) is 0.346. The van der Waals surface area contributed by atoms with Gasteiger partial charge in [-0.05, 0) is 54.7 Å². The minimum atomic E-state index is -3.76. The van der Waals surface area contributed by atoms with Crippen LogP contribution in [0, 0.1) is 12.7 Å². The summed E-state index contributed by atoms with van der Waals surface area (Å²) in [4.78, 5) is 12.9. The smallest absolute Gasteiger partial charge is 0.247 e. The zero-order chi connectivity index (χ0) is 25.3. The number of fused-ring (bicyclic) bond motifs is 1. The molecule has 0 N–H and O–H groups in total. The lowest BCUT2D eigenvalue weighted by atomic mass is 9.92. The molecule has 2 aromatic carbocycles. The standard InChI is InChI=1S/C27H30FNO4S2/c1-5-21-16-29(35(31,32)26-10-8-7-9-24(26)33-21)15-20-13-19(12-11-17(20)3)22(6-2)25-14-23(28)27(34-25)18(4)30/h7-14,21-22H,5-6,15-16H2,1-4H3/t21-,22?/m1/s1. The number of halogens is 1. The number of rotatable bonds is 7. The summed E-state index contributed by atoms with van der Waals surface area (Å²) in [5.41, 5.74) is 2.84. The van der Waals surface area contributed by atoms with Crippen molar-refractivity contribution in [2.24, 2.45) is 0 Å². The molecule has 5 nitrogen and oxygen atoms in total. The molecular weight excluding hydrogens is 485 g/mol. The van der Waals surface area contributed by atoms with Crippen molar-refractivity contribution in [2.45, 2.75) is 64.0 Å². The molecule has 3 aromatic rings. The number of nitrogens with zero attached hydrogens (tertiary/aromatic N) is 1. The number of Topliss-reactive ketones (excluding diaryl/α,β-unsaturated/α-hetero) is 1. The van der Waals surface area contributed by atoms with Crippen LogP contribution in [0.1, 0.15) is 70.8 Å². The van der Waals surface area contributed by atoms with E-state index in [1.807, 2.05) is 39.0 Å². The maximum Gasteiger partial charge on any atom is 0.247 e. The number of aryl methyl sites for hydroxylation is 1. The number of ketones is 1. The van der Waals surface area contributed by atoms with Crippen LogP contribution in [0.5, 0.6) is 5.75 Å². The number of hydrogen-bond acceptors (Lipinski definition) is 5. The first-order chi connectivity index (χ1) is 16.6. The largest absolute Gasteiger partial charge is 0.488 e. The molecule has 8 heteroatoms. The maximum atomic E-state index is 14.3. The Morgan fingerprint density at radius 3 is 2.60 bits per heavy atom. The lowest BCUT2D eigenvalue weighted by molar-refractivity contribution is 0.101. The number of sulfonamides is 1. The van der Waals surface area contributed by atoms with Crippen LogP contribution < -0.4 is 4.74 Å². The molecule has 1 aliphatic rings. The van der Waals surface area contributed by atoms with Crippen LogP contribution in [0.25, 0.3) is 0 Å². The van der Waals surface area contributed by atoms with Gasteiger partial charge >= 0.3 is 0 Å². The Kier molecular flexibility index (Phi) is 7.45. The third-order valence-corrected chi connectivity index (χ3v) is 9.70. The van der Waals surface area contributed by atoms with E-state index in [0.717, 1.165) is 28.0 Å². The molecule has 0 saturated carbocycles. The van der Waals surface area contributed by atoms with Crippen molar-refractivity contribution in [3.05, 3.63) is 80.8 Å². The normalized spacial score (nSPS) is 18.4. The molecule has 0 radical (unpaired) electrons. The Balaban J connectivity index is 1.71. The van der Waals surface area contributed by atoms with E-state index in [2.05, 4.69) is 0 Å². The van der Waals surface area contributed by atoms with Crippen molar-refractivity contribution in [2.75, 3.05) is 6.54 Å². The predicted octanol–water partition coefficient (Wildman–Crippen LogP) is 6.30. The number of benzene rings is 2. The second-order valence-electron chi connectivity index (χ2n) is 8.92. The first-order valence-corrected chi connectivity index (χ1v) is 14.1. The van der Waals surface area contributed by atoms with Gasteiger partial charge in [0, 0.05) is 24.3 Å². The maximum absolute atomic E-state index is 14.3. The highest BCUT2D eigenvalue weighted by atomic mass is 32.2. The van der Waals surface area contributed by atoms with Gasteiger partial charge in [0.25, 0.3) is 0 Å². The summed E-state index contributed by atoms with van der Waals surface area (Å²) in [6.45, 7) is 7.81. The predicted molar refractivity (Wildman–Crippen MR) is 136 cm³/mol. The number of para-hydroxylation sites is 1. The number of carbonyl (C=O) groups is 1. The van der Waals surface area contributed by atoms with Gasteiger partial charge in [-0.3, -0.25) is 4.79 Å². The Bertz CT molecular complexity index is 1350. The van der Waals surface area contributed by atoms with Gasteiger partial charge in [0.1, 0.15) is 27.4 Å². The van der Waals surface area contributed by atoms with Crippen LogP contribution >= 0.6 is 11.3 Å². The van der Waals surface area contributed by atoms with Crippen LogP contribution in [-0.4, -0.2) is 31.2 Å². The molecule has 186 valence electrons. The highest BCUT2D eigenvalue weighted by molar-refractivity contribution is 7.89. The first-order valence-electron chi connectivity index (χ1n) is 11.8. The van der Waals surface area contributed by atoms with Gasteiger partial charge in [-0.15, -0.1) is 11.3 Å². The van der Waals surface area contributed by atoms with Gasteiger partial charge in [-0.2, -0.15) is 4.31 Å². The zero-order valence-corrected chi connectivity index (χ0v) is 22.0. The average molecular weight is 516 g/mol. The highest BCUT2D eigenvalue weighted by Crippen LogP contribution is 2.37. The molecule has 0 amide bonds. The Morgan fingerprint density at radius 2 is 1.94 bits per heavy atom. The van der Waals surface area contributed by atoms with Crippen LogP contribution in [0.4, 0.5) is 4.39 Å². The Hall–Kier alpha value is -2.55. The number of ether oxygens (including phenoxy) is 1. The summed E-state index contributed by atoms with van der Waals surface area (Å²) >= 11 is 1.19. The summed E-state index contributed by atoms with van der Waals surface area (Å²) in [5.74, 6) is -0.463. The third-order valence-electron chi connectivity index (χ3n) is 6.52. The molecule has 2 heterocycles. The molecule has 1 aliphatic heterocycles. The monoisotopic (exact) mass is 515 g/mol. The minimum Gasteiger partial charge on any atom is -0.488 e. The van der Waals surface area contributed by atoms with Gasteiger partial charge in [0.2, 0.25) is 10.0 Å². The van der Waals surface area contributed by atoms with Crippen molar-refractivity contribution in [1.29, 1.82) is 0 Å². The number of carbonyl (C=O) groups excluding carboxylic acids is 1. The van der Waals surface area contributed by atoms with Gasteiger partial charge in [-0.25, -0.2) is 12.8 Å². The van der Waals surface area contributed by atoms with E-state index < -0.39 is 15.8 Å². The van der Waals surface area contributed by atoms with E-state index in [-0.39, 0.29) is 40.7 Å². The van der Waals surface area contributed by atoms with Crippen LogP contribution in [0.3, 0.4) is 0 Å². The molecule has 0 bridgehead atoms. The van der Waals surface area contributed by atoms with E-state index in [9.17, 15) is 17.6 Å². The van der Waals surface area contributed by atoms with Gasteiger partial charge < -0.3 is 4.74 Å². The Morgan fingerprint density at radius 1 is 1.20 bits per heavy atom. The second kappa shape index (κ2) is 10.2. The van der Waals surface area contributed by atoms with Crippen LogP contribution in [0.15, 0.2) is 53.4 Å². The van der Waals surface area contributed by atoms with E-state index >= 15 is 0 Å². The molecule has 0 spiro atoms. The lowest BCUT2D eigenvalue weighted by Gasteiger charge is -2.24. The first kappa shape index (κ1) is 25.5. The summed E-state index contributed by atoms with van der Waals surface area (Å²) in [6, 6.07) is 14.2. The minimum absolute atomic E-state index is 0.0878. The van der Waals surface area contributed by atoms with Crippen LogP contribution in [0.2, 0.25) is 0 Å². The molecular formula is C27H30FNO4S2. The molecule has 4 rings (SSSR count). The average Bonchev–Trinajstić information content (AvgIpc) is 3.17.